The first kappa shape index (κ1) is 23.6. The van der Waals surface area contributed by atoms with Gasteiger partial charge in [-0.05, 0) is 55.5 Å². The topological polar surface area (TPSA) is 91.2 Å². The molecule has 0 aromatic heterocycles. The van der Waals surface area contributed by atoms with Crippen molar-refractivity contribution in [3.8, 4) is 11.8 Å². The monoisotopic (exact) mass is 457 g/mol. The molecule has 166 valence electrons. The molecule has 0 fully saturated rings. The number of thioether (sulfide) groups is 1. The fourth-order valence-corrected chi connectivity index (χ4v) is 3.49. The number of amides is 2. The van der Waals surface area contributed by atoms with Crippen LogP contribution in [-0.2, 0) is 4.79 Å². The van der Waals surface area contributed by atoms with E-state index in [0.29, 0.717) is 34.9 Å². The first-order chi connectivity index (χ1) is 16.1. The molecule has 0 radical (unpaired) electrons. The average molecular weight is 458 g/mol. The summed E-state index contributed by atoms with van der Waals surface area (Å²) in [6.45, 7) is 2.35. The minimum absolute atomic E-state index is 0.0824. The summed E-state index contributed by atoms with van der Waals surface area (Å²) in [6, 6.07) is 25.2. The number of hydrogen-bond acceptors (Lipinski definition) is 5. The number of nitrogens with zero attached hydrogens (tertiary/aromatic N) is 1. The molecular formula is C26H23N3O3S. The van der Waals surface area contributed by atoms with Crippen molar-refractivity contribution in [3.63, 3.8) is 0 Å². The Morgan fingerprint density at radius 2 is 1.70 bits per heavy atom. The van der Waals surface area contributed by atoms with Crippen LogP contribution >= 0.6 is 11.8 Å². The molecule has 0 saturated heterocycles. The number of benzene rings is 3. The van der Waals surface area contributed by atoms with Crippen LogP contribution in [0, 0.1) is 11.3 Å². The van der Waals surface area contributed by atoms with Gasteiger partial charge in [0.05, 0.1) is 18.4 Å². The molecule has 0 atom stereocenters. The van der Waals surface area contributed by atoms with Gasteiger partial charge in [0.2, 0.25) is 0 Å². The zero-order valence-corrected chi connectivity index (χ0v) is 18.9. The summed E-state index contributed by atoms with van der Waals surface area (Å²) in [5.41, 5.74) is 1.76. The summed E-state index contributed by atoms with van der Waals surface area (Å²) < 4.78 is 5.66. The number of rotatable bonds is 9. The van der Waals surface area contributed by atoms with Crippen LogP contribution in [0.15, 0.2) is 89.5 Å². The molecule has 2 amide bonds. The Morgan fingerprint density at radius 3 is 2.39 bits per heavy atom. The first-order valence-electron chi connectivity index (χ1n) is 10.3. The van der Waals surface area contributed by atoms with Crippen molar-refractivity contribution in [1.82, 2.24) is 5.32 Å². The molecule has 0 aliphatic rings. The molecule has 3 rings (SSSR count). The predicted molar refractivity (Wildman–Crippen MR) is 131 cm³/mol. The Labute approximate surface area is 197 Å². The Balaban J connectivity index is 1.87. The predicted octanol–water partition coefficient (Wildman–Crippen LogP) is 5.11. The molecule has 0 heterocycles. The maximum Gasteiger partial charge on any atom is 0.272 e. The van der Waals surface area contributed by atoms with Crippen LogP contribution < -0.4 is 15.4 Å². The Bertz CT molecular complexity index is 1170. The van der Waals surface area contributed by atoms with Gasteiger partial charge in [0.1, 0.15) is 11.4 Å². The van der Waals surface area contributed by atoms with Gasteiger partial charge in [0, 0.05) is 21.7 Å². The molecule has 6 nitrogen and oxygen atoms in total. The number of carbonyl (C=O) groups excluding carboxylic acids is 2. The summed E-state index contributed by atoms with van der Waals surface area (Å²) in [7, 11) is 0. The van der Waals surface area contributed by atoms with Crippen LogP contribution in [0.25, 0.3) is 6.08 Å². The normalized spacial score (nSPS) is 10.7. The van der Waals surface area contributed by atoms with Gasteiger partial charge in [0.15, 0.2) is 0 Å². The molecule has 3 aromatic carbocycles. The maximum absolute atomic E-state index is 13.1. The van der Waals surface area contributed by atoms with E-state index in [4.69, 9.17) is 10.00 Å². The minimum Gasteiger partial charge on any atom is -0.493 e. The van der Waals surface area contributed by atoms with Crippen molar-refractivity contribution >= 4 is 35.3 Å². The lowest BCUT2D eigenvalue weighted by atomic mass is 10.1. The molecule has 0 aliphatic carbocycles. The summed E-state index contributed by atoms with van der Waals surface area (Å²) in [6.07, 6.45) is 1.60. The molecule has 0 unspecified atom stereocenters. The molecular weight excluding hydrogens is 434 g/mol. The number of nitrogens with one attached hydrogen (secondary N) is 2. The third-order valence-corrected chi connectivity index (χ3v) is 5.34. The van der Waals surface area contributed by atoms with Crippen molar-refractivity contribution in [3.05, 3.63) is 95.7 Å². The number of anilines is 1. The third kappa shape index (κ3) is 6.99. The van der Waals surface area contributed by atoms with Gasteiger partial charge in [-0.3, -0.25) is 9.59 Å². The highest BCUT2D eigenvalue weighted by molar-refractivity contribution is 7.99. The van der Waals surface area contributed by atoms with Gasteiger partial charge in [0.25, 0.3) is 11.8 Å². The van der Waals surface area contributed by atoms with Gasteiger partial charge in [-0.2, -0.15) is 5.26 Å². The SMILES string of the molecule is CCOc1ccccc1/C=C(\NC(=O)c1ccccc1)C(=O)Nc1ccc(SCC#N)cc1. The summed E-state index contributed by atoms with van der Waals surface area (Å²) in [5, 5.41) is 14.3. The fourth-order valence-electron chi connectivity index (χ4n) is 2.93. The lowest BCUT2D eigenvalue weighted by molar-refractivity contribution is -0.113. The molecule has 0 spiro atoms. The van der Waals surface area contributed by atoms with Crippen molar-refractivity contribution in [2.24, 2.45) is 0 Å². The van der Waals surface area contributed by atoms with E-state index in [2.05, 4.69) is 16.7 Å². The van der Waals surface area contributed by atoms with Crippen molar-refractivity contribution in [1.29, 1.82) is 5.26 Å². The second kappa shape index (κ2) is 12.1. The largest absolute Gasteiger partial charge is 0.493 e. The molecule has 3 aromatic rings. The van der Waals surface area contributed by atoms with Gasteiger partial charge in [-0.25, -0.2) is 0 Å². The Morgan fingerprint density at radius 1 is 1.00 bits per heavy atom. The van der Waals surface area contributed by atoms with Crippen LogP contribution in [-0.4, -0.2) is 24.2 Å². The van der Waals surface area contributed by atoms with Crippen LogP contribution in [0.3, 0.4) is 0 Å². The van der Waals surface area contributed by atoms with Crippen LogP contribution in [0.1, 0.15) is 22.8 Å². The number of para-hydroxylation sites is 1. The number of ether oxygens (including phenoxy) is 1. The Hall–Kier alpha value is -4.02. The van der Waals surface area contributed by atoms with E-state index in [1.165, 1.54) is 11.8 Å². The van der Waals surface area contributed by atoms with Crippen molar-refractivity contribution in [2.45, 2.75) is 11.8 Å². The molecule has 2 N–H and O–H groups in total. The highest BCUT2D eigenvalue weighted by atomic mass is 32.2. The van der Waals surface area contributed by atoms with Crippen molar-refractivity contribution < 1.29 is 14.3 Å². The van der Waals surface area contributed by atoms with E-state index < -0.39 is 11.8 Å². The fraction of sp³-hybridized carbons (Fsp3) is 0.115. The van der Waals surface area contributed by atoms with E-state index in [1.54, 1.807) is 42.5 Å². The van der Waals surface area contributed by atoms with E-state index in [0.717, 1.165) is 4.90 Å². The van der Waals surface area contributed by atoms with E-state index in [1.807, 2.05) is 49.4 Å². The maximum atomic E-state index is 13.1. The Kier molecular flexibility index (Phi) is 8.69. The van der Waals surface area contributed by atoms with E-state index in [9.17, 15) is 9.59 Å². The molecule has 33 heavy (non-hydrogen) atoms. The number of nitriles is 1. The highest BCUT2D eigenvalue weighted by Crippen LogP contribution is 2.22. The quantitative estimate of drug-likeness (QED) is 0.344. The van der Waals surface area contributed by atoms with Crippen molar-refractivity contribution in [2.75, 3.05) is 17.7 Å². The average Bonchev–Trinajstić information content (AvgIpc) is 2.85. The van der Waals surface area contributed by atoms with Gasteiger partial charge >= 0.3 is 0 Å². The van der Waals surface area contributed by atoms with Crippen LogP contribution in [0.2, 0.25) is 0 Å². The van der Waals surface area contributed by atoms with E-state index >= 15 is 0 Å². The minimum atomic E-state index is -0.469. The summed E-state index contributed by atoms with van der Waals surface area (Å²) in [4.78, 5) is 26.8. The van der Waals surface area contributed by atoms with Crippen LogP contribution in [0.5, 0.6) is 5.75 Å². The van der Waals surface area contributed by atoms with Gasteiger partial charge in [-0.15, -0.1) is 11.8 Å². The molecule has 0 aliphatic heterocycles. The standard InChI is InChI=1S/C26H23N3O3S/c1-2-32-24-11-7-6-10-20(24)18-23(29-25(30)19-8-4-3-5-9-19)26(31)28-21-12-14-22(15-13-21)33-17-16-27/h3-15,18H,2,17H2,1H3,(H,28,31)(H,29,30)/b23-18-. The summed E-state index contributed by atoms with van der Waals surface area (Å²) in [5.74, 6) is 0.0962. The molecule has 7 heteroatoms. The highest BCUT2D eigenvalue weighted by Gasteiger charge is 2.16. The third-order valence-electron chi connectivity index (χ3n) is 4.46. The van der Waals surface area contributed by atoms with Crippen LogP contribution in [0.4, 0.5) is 5.69 Å². The van der Waals surface area contributed by atoms with Gasteiger partial charge in [-0.1, -0.05) is 36.4 Å². The van der Waals surface area contributed by atoms with Gasteiger partial charge < -0.3 is 15.4 Å². The second-order valence-electron chi connectivity index (χ2n) is 6.77. The first-order valence-corrected chi connectivity index (χ1v) is 11.3. The lowest BCUT2D eigenvalue weighted by Crippen LogP contribution is -2.30. The zero-order valence-electron chi connectivity index (χ0n) is 18.1. The second-order valence-corrected chi connectivity index (χ2v) is 7.82. The number of carbonyl (C=O) groups is 2. The number of hydrogen-bond donors (Lipinski definition) is 2. The lowest BCUT2D eigenvalue weighted by Gasteiger charge is -2.13. The molecule has 0 bridgehead atoms. The summed E-state index contributed by atoms with van der Waals surface area (Å²) >= 11 is 1.41. The van der Waals surface area contributed by atoms with E-state index in [-0.39, 0.29) is 5.70 Å². The molecule has 0 saturated carbocycles. The smallest absolute Gasteiger partial charge is 0.272 e. The zero-order chi connectivity index (χ0) is 23.5.